The molecule has 12 atom stereocenters. The van der Waals surface area contributed by atoms with Gasteiger partial charge in [-0.25, -0.2) is 0 Å². The van der Waals surface area contributed by atoms with Gasteiger partial charge in [-0.15, -0.1) is 0 Å². The van der Waals surface area contributed by atoms with Gasteiger partial charge in [-0.3, -0.25) is 4.79 Å². The maximum Gasteiger partial charge on any atom is 0.220 e. The number of carbonyl (C=O) groups is 1. The van der Waals surface area contributed by atoms with Gasteiger partial charge in [-0.2, -0.15) is 0 Å². The summed E-state index contributed by atoms with van der Waals surface area (Å²) in [6, 6.07) is -0.902. The number of allylic oxidation sites excluding steroid dienone is 1. The SMILES string of the molecule is CCCCCCC/C=C/C(O)C(COC1OC(CO)C(OC2OC(CO)C(O)C(O)C2O)C(O)C1O)NC(=O)CCCCCCCCCCCC. The second kappa shape index (κ2) is 26.5. The fourth-order valence-corrected chi connectivity index (χ4v) is 6.40. The van der Waals surface area contributed by atoms with E-state index >= 15 is 0 Å². The molecule has 0 aromatic heterocycles. The predicted molar refractivity (Wildman–Crippen MR) is 189 cm³/mol. The van der Waals surface area contributed by atoms with Crippen LogP contribution in [-0.4, -0.2) is 140 Å². The zero-order chi connectivity index (χ0) is 37.6. The van der Waals surface area contributed by atoms with Gasteiger partial charge in [-0.1, -0.05) is 109 Å². The molecule has 2 fully saturated rings. The highest BCUT2D eigenvalue weighted by atomic mass is 16.7. The molecule has 9 N–H and O–H groups in total. The van der Waals surface area contributed by atoms with Crippen molar-refractivity contribution in [3.63, 3.8) is 0 Å². The molecule has 2 heterocycles. The van der Waals surface area contributed by atoms with E-state index in [-0.39, 0.29) is 18.9 Å². The van der Waals surface area contributed by atoms with Gasteiger partial charge in [0, 0.05) is 6.42 Å². The molecule has 1 amide bonds. The number of rotatable bonds is 27. The number of ether oxygens (including phenoxy) is 4. The van der Waals surface area contributed by atoms with Gasteiger partial charge >= 0.3 is 0 Å². The predicted octanol–water partition coefficient (Wildman–Crippen LogP) is 1.70. The first-order valence-corrected chi connectivity index (χ1v) is 19.4. The molecule has 12 unspecified atom stereocenters. The van der Waals surface area contributed by atoms with Crippen molar-refractivity contribution in [3.8, 4) is 0 Å². The van der Waals surface area contributed by atoms with Crippen LogP contribution in [0.2, 0.25) is 0 Å². The average molecular weight is 736 g/mol. The van der Waals surface area contributed by atoms with Crippen LogP contribution in [0.5, 0.6) is 0 Å². The Morgan fingerprint density at radius 1 is 0.686 bits per heavy atom. The molecule has 0 radical (unpaired) electrons. The maximum atomic E-state index is 12.9. The molecule has 14 heteroatoms. The Labute approximate surface area is 304 Å². The van der Waals surface area contributed by atoms with E-state index in [1.54, 1.807) is 6.08 Å². The normalized spacial score (nSPS) is 31.2. The molecule has 2 aliphatic rings. The lowest BCUT2D eigenvalue weighted by Crippen LogP contribution is -2.65. The van der Waals surface area contributed by atoms with Crippen molar-refractivity contribution in [2.24, 2.45) is 0 Å². The Kier molecular flexibility index (Phi) is 23.8. The summed E-state index contributed by atoms with van der Waals surface area (Å²) in [5, 5.41) is 85.8. The van der Waals surface area contributed by atoms with E-state index in [0.717, 1.165) is 51.4 Å². The van der Waals surface area contributed by atoms with Gasteiger partial charge < -0.3 is 65.1 Å². The largest absolute Gasteiger partial charge is 0.394 e. The monoisotopic (exact) mass is 735 g/mol. The Bertz CT molecular complexity index is 925. The minimum absolute atomic E-state index is 0.249. The van der Waals surface area contributed by atoms with Crippen molar-refractivity contribution in [1.29, 1.82) is 0 Å². The Morgan fingerprint density at radius 2 is 1.22 bits per heavy atom. The summed E-state index contributed by atoms with van der Waals surface area (Å²) >= 11 is 0. The molecule has 0 aromatic carbocycles. The summed E-state index contributed by atoms with van der Waals surface area (Å²) in [6.07, 6.45) is 4.51. The standard InChI is InChI=1S/C37H69NO13/c1-3-5-7-9-11-12-13-15-17-19-21-29(42)38-25(26(41)20-18-16-14-10-8-6-4-2)24-48-36-34(47)32(45)35(28(23-40)50-36)51-37-33(46)31(44)30(43)27(22-39)49-37/h18,20,25-28,30-37,39-41,43-47H,3-17,19,21-24H2,1-2H3,(H,38,42)/b20-18+. The van der Waals surface area contributed by atoms with Gasteiger partial charge in [-0.05, 0) is 19.3 Å². The molecule has 51 heavy (non-hydrogen) atoms. The zero-order valence-corrected chi connectivity index (χ0v) is 30.8. The lowest BCUT2D eigenvalue weighted by molar-refractivity contribution is -0.359. The molecule has 0 spiro atoms. The number of aliphatic hydroxyl groups excluding tert-OH is 8. The topological polar surface area (TPSA) is 228 Å². The first kappa shape index (κ1) is 45.9. The summed E-state index contributed by atoms with van der Waals surface area (Å²) < 4.78 is 22.5. The quantitative estimate of drug-likeness (QED) is 0.0433. The molecule has 2 saturated heterocycles. The average Bonchev–Trinajstić information content (AvgIpc) is 3.12. The van der Waals surface area contributed by atoms with Gasteiger partial charge in [0.05, 0.1) is 32.0 Å². The highest BCUT2D eigenvalue weighted by molar-refractivity contribution is 5.76. The number of unbranched alkanes of at least 4 members (excludes halogenated alkanes) is 14. The molecular formula is C37H69NO13. The molecule has 300 valence electrons. The highest BCUT2D eigenvalue weighted by Gasteiger charge is 2.50. The van der Waals surface area contributed by atoms with Crippen LogP contribution < -0.4 is 5.32 Å². The van der Waals surface area contributed by atoms with Crippen molar-refractivity contribution in [2.75, 3.05) is 19.8 Å². The third-order valence-electron chi connectivity index (χ3n) is 9.72. The smallest absolute Gasteiger partial charge is 0.220 e. The Hall–Kier alpha value is -1.27. The van der Waals surface area contributed by atoms with Crippen molar-refractivity contribution in [1.82, 2.24) is 5.32 Å². The minimum atomic E-state index is -1.78. The van der Waals surface area contributed by atoms with E-state index in [0.29, 0.717) is 6.42 Å². The van der Waals surface area contributed by atoms with Gasteiger partial charge in [0.15, 0.2) is 12.6 Å². The van der Waals surface area contributed by atoms with E-state index in [9.17, 15) is 45.6 Å². The minimum Gasteiger partial charge on any atom is -0.394 e. The Balaban J connectivity index is 1.96. The van der Waals surface area contributed by atoms with E-state index < -0.39 is 86.8 Å². The lowest BCUT2D eigenvalue weighted by atomic mass is 9.97. The number of aliphatic hydroxyl groups is 8. The van der Waals surface area contributed by atoms with Crippen molar-refractivity contribution < 1.29 is 64.6 Å². The molecule has 0 aliphatic carbocycles. The van der Waals surface area contributed by atoms with Crippen LogP contribution in [0.1, 0.15) is 123 Å². The maximum absolute atomic E-state index is 12.9. The number of carbonyl (C=O) groups excluding carboxylic acids is 1. The van der Waals surface area contributed by atoms with Crippen LogP contribution in [-0.2, 0) is 23.7 Å². The highest BCUT2D eigenvalue weighted by Crippen LogP contribution is 2.29. The molecule has 2 aliphatic heterocycles. The summed E-state index contributed by atoms with van der Waals surface area (Å²) in [5.41, 5.74) is 0. The molecular weight excluding hydrogens is 666 g/mol. The van der Waals surface area contributed by atoms with Crippen molar-refractivity contribution >= 4 is 5.91 Å². The van der Waals surface area contributed by atoms with Crippen molar-refractivity contribution in [3.05, 3.63) is 12.2 Å². The Morgan fingerprint density at radius 3 is 1.80 bits per heavy atom. The molecule has 0 saturated carbocycles. The van der Waals surface area contributed by atoms with Crippen LogP contribution >= 0.6 is 0 Å². The second-order valence-corrected chi connectivity index (χ2v) is 14.1. The molecule has 14 nitrogen and oxygen atoms in total. The third kappa shape index (κ3) is 16.3. The number of amides is 1. The van der Waals surface area contributed by atoms with Crippen LogP contribution in [0.4, 0.5) is 0 Å². The molecule has 0 aromatic rings. The number of hydrogen-bond acceptors (Lipinski definition) is 13. The zero-order valence-electron chi connectivity index (χ0n) is 30.8. The van der Waals surface area contributed by atoms with E-state index in [2.05, 4.69) is 19.2 Å². The molecule has 2 rings (SSSR count). The van der Waals surface area contributed by atoms with E-state index in [1.807, 2.05) is 6.08 Å². The number of nitrogens with one attached hydrogen (secondary N) is 1. The van der Waals surface area contributed by atoms with Gasteiger partial charge in [0.25, 0.3) is 0 Å². The summed E-state index contributed by atoms with van der Waals surface area (Å²) in [7, 11) is 0. The number of hydrogen-bond donors (Lipinski definition) is 9. The van der Waals surface area contributed by atoms with Crippen LogP contribution in [0.3, 0.4) is 0 Å². The first-order chi connectivity index (χ1) is 24.6. The lowest BCUT2D eigenvalue weighted by Gasteiger charge is -2.46. The first-order valence-electron chi connectivity index (χ1n) is 19.4. The summed E-state index contributed by atoms with van der Waals surface area (Å²) in [4.78, 5) is 12.9. The van der Waals surface area contributed by atoms with Crippen LogP contribution in [0.25, 0.3) is 0 Å². The summed E-state index contributed by atoms with van der Waals surface area (Å²) in [5.74, 6) is -0.249. The molecule has 0 bridgehead atoms. The van der Waals surface area contributed by atoms with Crippen LogP contribution in [0.15, 0.2) is 12.2 Å². The van der Waals surface area contributed by atoms with E-state index in [4.69, 9.17) is 18.9 Å². The van der Waals surface area contributed by atoms with Gasteiger partial charge in [0.2, 0.25) is 5.91 Å². The third-order valence-corrected chi connectivity index (χ3v) is 9.72. The second-order valence-electron chi connectivity index (χ2n) is 14.1. The van der Waals surface area contributed by atoms with Gasteiger partial charge in [0.1, 0.15) is 48.8 Å². The fourth-order valence-electron chi connectivity index (χ4n) is 6.40. The van der Waals surface area contributed by atoms with Crippen LogP contribution in [0, 0.1) is 0 Å². The fraction of sp³-hybridized carbons (Fsp3) is 0.919. The summed E-state index contributed by atoms with van der Waals surface area (Å²) in [6.45, 7) is 2.65. The van der Waals surface area contributed by atoms with Crippen molar-refractivity contribution in [2.45, 2.75) is 197 Å². The van der Waals surface area contributed by atoms with E-state index in [1.165, 1.54) is 44.9 Å².